The van der Waals surface area contributed by atoms with E-state index in [4.69, 9.17) is 9.84 Å². The maximum atomic E-state index is 13.4. The average molecular weight is 540 g/mol. The molecular formula is C31H33N5O4. The molecule has 4 rings (SSSR count). The lowest BCUT2D eigenvalue weighted by atomic mass is 10.1. The molecule has 0 spiro atoms. The van der Waals surface area contributed by atoms with E-state index in [9.17, 15) is 14.4 Å². The normalized spacial score (nSPS) is 10.6. The summed E-state index contributed by atoms with van der Waals surface area (Å²) >= 11 is 0. The fourth-order valence-corrected chi connectivity index (χ4v) is 4.35. The van der Waals surface area contributed by atoms with Gasteiger partial charge in [-0.1, -0.05) is 48.5 Å². The highest BCUT2D eigenvalue weighted by Gasteiger charge is 2.23. The average Bonchev–Trinajstić information content (AvgIpc) is 3.27. The van der Waals surface area contributed by atoms with Gasteiger partial charge in [0.15, 0.2) is 0 Å². The van der Waals surface area contributed by atoms with Crippen LogP contribution in [0, 0.1) is 13.8 Å². The number of carbonyl (C=O) groups excluding carboxylic acids is 3. The number of nitrogens with zero attached hydrogens (tertiary/aromatic N) is 3. The number of hydrogen-bond acceptors (Lipinski definition) is 5. The van der Waals surface area contributed by atoms with Gasteiger partial charge in [-0.05, 0) is 69.2 Å². The molecule has 0 aliphatic rings. The van der Waals surface area contributed by atoms with Crippen molar-refractivity contribution in [3.63, 3.8) is 0 Å². The Morgan fingerprint density at radius 2 is 1.55 bits per heavy atom. The summed E-state index contributed by atoms with van der Waals surface area (Å²) in [5.41, 5.74) is 5.24. The Kier molecular flexibility index (Phi) is 8.96. The Morgan fingerprint density at radius 3 is 2.20 bits per heavy atom. The van der Waals surface area contributed by atoms with Crippen LogP contribution in [0.4, 0.5) is 16.3 Å². The maximum Gasteiger partial charge on any atom is 0.338 e. The smallest absolute Gasteiger partial charge is 0.338 e. The van der Waals surface area contributed by atoms with Crippen LogP contribution in [0.1, 0.15) is 35.5 Å². The van der Waals surface area contributed by atoms with Crippen molar-refractivity contribution in [2.75, 3.05) is 30.3 Å². The summed E-state index contributed by atoms with van der Waals surface area (Å²) in [7, 11) is 0. The fourth-order valence-electron chi connectivity index (χ4n) is 4.35. The van der Waals surface area contributed by atoms with Crippen LogP contribution in [0.25, 0.3) is 16.8 Å². The molecule has 4 aromatic rings. The zero-order valence-corrected chi connectivity index (χ0v) is 23.1. The number of carbonyl (C=O) groups is 3. The molecule has 206 valence electrons. The molecule has 3 aromatic carbocycles. The van der Waals surface area contributed by atoms with Crippen molar-refractivity contribution in [3.8, 4) is 16.8 Å². The van der Waals surface area contributed by atoms with Crippen molar-refractivity contribution in [2.45, 2.75) is 27.7 Å². The minimum atomic E-state index is -0.437. The molecule has 1 heterocycles. The lowest BCUT2D eigenvalue weighted by Gasteiger charge is -2.21. The zero-order valence-electron chi connectivity index (χ0n) is 23.1. The van der Waals surface area contributed by atoms with E-state index in [2.05, 4.69) is 10.6 Å². The molecule has 0 unspecified atom stereocenters. The molecule has 0 bridgehead atoms. The van der Waals surface area contributed by atoms with Crippen LogP contribution in [-0.2, 0) is 9.53 Å². The molecule has 9 heteroatoms. The van der Waals surface area contributed by atoms with E-state index in [1.807, 2.05) is 68.4 Å². The van der Waals surface area contributed by atoms with Crippen molar-refractivity contribution < 1.29 is 19.1 Å². The van der Waals surface area contributed by atoms with E-state index in [1.165, 1.54) is 4.90 Å². The number of esters is 1. The van der Waals surface area contributed by atoms with Gasteiger partial charge in [-0.3, -0.25) is 4.79 Å². The predicted molar refractivity (Wildman–Crippen MR) is 156 cm³/mol. The van der Waals surface area contributed by atoms with Crippen molar-refractivity contribution in [1.82, 2.24) is 14.7 Å². The lowest BCUT2D eigenvalue weighted by Crippen LogP contribution is -2.40. The molecule has 0 saturated heterocycles. The third-order valence-electron chi connectivity index (χ3n) is 6.38. The monoisotopic (exact) mass is 539 g/mol. The molecule has 1 aromatic heterocycles. The van der Waals surface area contributed by atoms with Gasteiger partial charge < -0.3 is 20.3 Å². The zero-order chi connectivity index (χ0) is 28.6. The molecule has 0 aliphatic carbocycles. The SMILES string of the molecule is CCOC(=O)c1ccc(NC(=O)N(CC)CC(=O)Nc2c(-c3ccccc3)c(C)nn2-c2ccccc2C)cc1. The van der Waals surface area contributed by atoms with Crippen LogP contribution < -0.4 is 10.6 Å². The summed E-state index contributed by atoms with van der Waals surface area (Å²) < 4.78 is 6.74. The summed E-state index contributed by atoms with van der Waals surface area (Å²) in [4.78, 5) is 39.6. The molecule has 0 fully saturated rings. The number of likely N-dealkylation sites (N-methyl/N-ethyl adjacent to an activating group) is 1. The minimum Gasteiger partial charge on any atom is -0.462 e. The third-order valence-corrected chi connectivity index (χ3v) is 6.38. The fraction of sp³-hybridized carbons (Fsp3) is 0.226. The molecule has 2 N–H and O–H groups in total. The largest absolute Gasteiger partial charge is 0.462 e. The molecular weight excluding hydrogens is 506 g/mol. The standard InChI is InChI=1S/C31H33N5O4/c1-5-35(31(39)32-25-18-16-24(17-19-25)30(38)40-6-2)20-27(37)33-29-28(23-13-8-7-9-14-23)22(4)34-36(29)26-15-11-10-12-21(26)3/h7-19H,5-6,20H2,1-4H3,(H,32,39)(H,33,37). The summed E-state index contributed by atoms with van der Waals surface area (Å²) in [5.74, 6) is -0.252. The molecule has 40 heavy (non-hydrogen) atoms. The van der Waals surface area contributed by atoms with Crippen LogP contribution in [0.2, 0.25) is 0 Å². The highest BCUT2D eigenvalue weighted by molar-refractivity contribution is 5.99. The molecule has 0 atom stereocenters. The summed E-state index contributed by atoms with van der Waals surface area (Å²) in [6.45, 7) is 7.85. The third kappa shape index (κ3) is 6.37. The van der Waals surface area contributed by atoms with Gasteiger partial charge in [0.1, 0.15) is 12.4 Å². The minimum absolute atomic E-state index is 0.171. The summed E-state index contributed by atoms with van der Waals surface area (Å²) in [6, 6.07) is 23.5. The number of para-hydroxylation sites is 1. The van der Waals surface area contributed by atoms with Gasteiger partial charge in [0.05, 0.1) is 23.6 Å². The highest BCUT2D eigenvalue weighted by Crippen LogP contribution is 2.34. The predicted octanol–water partition coefficient (Wildman–Crippen LogP) is 5.83. The summed E-state index contributed by atoms with van der Waals surface area (Å²) in [5, 5.41) is 10.6. The van der Waals surface area contributed by atoms with E-state index >= 15 is 0 Å². The van der Waals surface area contributed by atoms with E-state index in [-0.39, 0.29) is 19.1 Å². The first-order valence-electron chi connectivity index (χ1n) is 13.2. The number of ether oxygens (including phenoxy) is 1. The van der Waals surface area contributed by atoms with Gasteiger partial charge in [0.25, 0.3) is 0 Å². The number of urea groups is 1. The van der Waals surface area contributed by atoms with Gasteiger partial charge in [-0.2, -0.15) is 5.10 Å². The van der Waals surface area contributed by atoms with Crippen molar-refractivity contribution in [3.05, 3.63) is 95.7 Å². The number of anilines is 2. The molecule has 0 radical (unpaired) electrons. The van der Waals surface area contributed by atoms with Crippen LogP contribution in [0.3, 0.4) is 0 Å². The van der Waals surface area contributed by atoms with E-state index < -0.39 is 12.0 Å². The van der Waals surface area contributed by atoms with Crippen LogP contribution >= 0.6 is 0 Å². The Hall–Kier alpha value is -4.92. The first-order valence-corrected chi connectivity index (χ1v) is 13.2. The van der Waals surface area contributed by atoms with Crippen molar-refractivity contribution >= 4 is 29.4 Å². The molecule has 3 amide bonds. The Balaban J connectivity index is 1.54. The van der Waals surface area contributed by atoms with Gasteiger partial charge in [0, 0.05) is 17.8 Å². The number of amides is 3. The van der Waals surface area contributed by atoms with Gasteiger partial charge in [-0.15, -0.1) is 0 Å². The molecule has 0 saturated carbocycles. The first kappa shape index (κ1) is 28.1. The van der Waals surface area contributed by atoms with Gasteiger partial charge in [0.2, 0.25) is 5.91 Å². The number of aryl methyl sites for hydroxylation is 2. The number of benzene rings is 3. The topological polar surface area (TPSA) is 106 Å². The Labute approximate surface area is 233 Å². The van der Waals surface area contributed by atoms with Gasteiger partial charge >= 0.3 is 12.0 Å². The van der Waals surface area contributed by atoms with E-state index in [0.717, 1.165) is 28.1 Å². The quantitative estimate of drug-likeness (QED) is 0.261. The second-order valence-electron chi connectivity index (χ2n) is 9.16. The Morgan fingerprint density at radius 1 is 0.875 bits per heavy atom. The summed E-state index contributed by atoms with van der Waals surface area (Å²) in [6.07, 6.45) is 0. The highest BCUT2D eigenvalue weighted by atomic mass is 16.5. The van der Waals surface area contributed by atoms with E-state index in [0.29, 0.717) is 23.6 Å². The second kappa shape index (κ2) is 12.8. The van der Waals surface area contributed by atoms with Crippen molar-refractivity contribution in [1.29, 1.82) is 0 Å². The Bertz CT molecular complexity index is 1500. The van der Waals surface area contributed by atoms with Crippen LogP contribution in [0.5, 0.6) is 0 Å². The maximum absolute atomic E-state index is 13.4. The molecule has 9 nitrogen and oxygen atoms in total. The van der Waals surface area contributed by atoms with E-state index in [1.54, 1.807) is 42.8 Å². The molecule has 0 aliphatic heterocycles. The number of aromatic nitrogens is 2. The lowest BCUT2D eigenvalue weighted by molar-refractivity contribution is -0.116. The number of nitrogens with one attached hydrogen (secondary N) is 2. The number of hydrogen-bond donors (Lipinski definition) is 2. The van der Waals surface area contributed by atoms with Gasteiger partial charge in [-0.25, -0.2) is 14.3 Å². The van der Waals surface area contributed by atoms with Crippen LogP contribution in [-0.4, -0.2) is 52.3 Å². The second-order valence-corrected chi connectivity index (χ2v) is 9.16. The number of rotatable bonds is 9. The van der Waals surface area contributed by atoms with Crippen LogP contribution in [0.15, 0.2) is 78.9 Å². The van der Waals surface area contributed by atoms with Crippen molar-refractivity contribution in [2.24, 2.45) is 0 Å². The first-order chi connectivity index (χ1) is 19.3.